The van der Waals surface area contributed by atoms with E-state index in [4.69, 9.17) is 28.9 Å². The maximum absolute atomic E-state index is 12.4. The van der Waals surface area contributed by atoms with E-state index in [0.29, 0.717) is 10.0 Å². The number of nitrogens with two attached hydrogens (primary N) is 1. The van der Waals surface area contributed by atoms with E-state index in [0.717, 1.165) is 31.2 Å². The number of rotatable bonds is 3. The molecule has 1 aromatic rings. The largest absolute Gasteiger partial charge is 0.327 e. The molecule has 1 saturated carbocycles. The molecule has 2 atom stereocenters. The van der Waals surface area contributed by atoms with E-state index in [1.54, 1.807) is 18.2 Å². The van der Waals surface area contributed by atoms with Gasteiger partial charge in [0, 0.05) is 28.4 Å². The summed E-state index contributed by atoms with van der Waals surface area (Å²) in [4.78, 5) is 12.4. The molecule has 0 saturated heterocycles. The zero-order valence-electron chi connectivity index (χ0n) is 10.9. The molecule has 104 valence electrons. The molecule has 0 bridgehead atoms. The van der Waals surface area contributed by atoms with Gasteiger partial charge in [0.15, 0.2) is 0 Å². The Morgan fingerprint density at radius 1 is 1.16 bits per heavy atom. The van der Waals surface area contributed by atoms with E-state index in [2.05, 4.69) is 0 Å². The minimum absolute atomic E-state index is 0.0173. The summed E-state index contributed by atoms with van der Waals surface area (Å²) in [6, 6.07) is 5.30. The predicted molar refractivity (Wildman–Crippen MR) is 79.7 cm³/mol. The van der Waals surface area contributed by atoms with Crippen LogP contribution >= 0.6 is 23.2 Å². The molecule has 0 heterocycles. The summed E-state index contributed by atoms with van der Waals surface area (Å²) < 4.78 is 0. The predicted octanol–water partition coefficient (Wildman–Crippen LogP) is 4.01. The van der Waals surface area contributed by atoms with E-state index in [-0.39, 0.29) is 24.2 Å². The van der Waals surface area contributed by atoms with Crippen molar-refractivity contribution >= 4 is 29.0 Å². The lowest BCUT2D eigenvalue weighted by Crippen LogP contribution is -2.35. The average molecular weight is 300 g/mol. The molecule has 1 fully saturated rings. The lowest BCUT2D eigenvalue weighted by atomic mass is 9.88. The molecule has 2 unspecified atom stereocenters. The molecule has 2 rings (SSSR count). The number of carbonyl (C=O) groups excluding carboxylic acids is 1. The molecule has 0 aliphatic heterocycles. The van der Waals surface area contributed by atoms with Crippen LogP contribution < -0.4 is 5.73 Å². The van der Waals surface area contributed by atoms with Gasteiger partial charge in [0.1, 0.15) is 5.78 Å². The van der Waals surface area contributed by atoms with Crippen LogP contribution in [-0.4, -0.2) is 11.8 Å². The Kier molecular flexibility index (Phi) is 5.26. The highest BCUT2D eigenvalue weighted by molar-refractivity contribution is 6.36. The van der Waals surface area contributed by atoms with Crippen molar-refractivity contribution in [1.29, 1.82) is 0 Å². The fraction of sp³-hybridized carbons (Fsp3) is 0.533. The van der Waals surface area contributed by atoms with Gasteiger partial charge in [-0.2, -0.15) is 0 Å². The Morgan fingerprint density at radius 3 is 2.47 bits per heavy atom. The summed E-state index contributed by atoms with van der Waals surface area (Å²) in [5.74, 6) is 0.124. The smallest absolute Gasteiger partial charge is 0.141 e. The Labute approximate surface area is 124 Å². The molecule has 4 heteroatoms. The summed E-state index contributed by atoms with van der Waals surface area (Å²) in [6.45, 7) is 0. The van der Waals surface area contributed by atoms with Crippen LogP contribution in [0.3, 0.4) is 0 Å². The number of halogens is 2. The van der Waals surface area contributed by atoms with Crippen molar-refractivity contribution in [2.24, 2.45) is 11.7 Å². The standard InChI is InChI=1S/C15H19Cl2NO/c16-12-6-4-7-13(17)11(12)9-15(19)10-5-2-1-3-8-14(10)18/h4,6-7,10,14H,1-3,5,8-9,18H2. The number of hydrogen-bond acceptors (Lipinski definition) is 2. The van der Waals surface area contributed by atoms with Gasteiger partial charge in [0.2, 0.25) is 0 Å². The molecule has 0 spiro atoms. The molecular weight excluding hydrogens is 281 g/mol. The van der Waals surface area contributed by atoms with Crippen LogP contribution in [0.25, 0.3) is 0 Å². The first-order valence-electron chi connectivity index (χ1n) is 6.81. The highest BCUT2D eigenvalue weighted by Crippen LogP contribution is 2.28. The third-order valence-electron chi connectivity index (χ3n) is 3.90. The topological polar surface area (TPSA) is 43.1 Å². The lowest BCUT2D eigenvalue weighted by Gasteiger charge is -2.20. The molecule has 2 N–H and O–H groups in total. The molecule has 2 nitrogen and oxygen atoms in total. The van der Waals surface area contributed by atoms with Gasteiger partial charge in [-0.1, -0.05) is 48.5 Å². The first kappa shape index (κ1) is 14.8. The van der Waals surface area contributed by atoms with E-state index in [1.807, 2.05) is 0 Å². The number of ketones is 1. The lowest BCUT2D eigenvalue weighted by molar-refractivity contribution is -0.123. The number of carbonyl (C=O) groups is 1. The van der Waals surface area contributed by atoms with Gasteiger partial charge in [-0.05, 0) is 30.5 Å². The van der Waals surface area contributed by atoms with E-state index in [1.165, 1.54) is 6.42 Å². The van der Waals surface area contributed by atoms with Crippen LogP contribution in [0.4, 0.5) is 0 Å². The summed E-state index contributed by atoms with van der Waals surface area (Å²) in [7, 11) is 0. The quantitative estimate of drug-likeness (QED) is 0.857. The third kappa shape index (κ3) is 3.71. The summed E-state index contributed by atoms with van der Waals surface area (Å²) in [6.07, 6.45) is 5.49. The Balaban J connectivity index is 2.11. The van der Waals surface area contributed by atoms with Gasteiger partial charge < -0.3 is 5.73 Å². The Bertz CT molecular complexity index is 441. The van der Waals surface area contributed by atoms with Gasteiger partial charge in [-0.15, -0.1) is 0 Å². The van der Waals surface area contributed by atoms with Crippen molar-refractivity contribution in [2.75, 3.05) is 0 Å². The van der Waals surface area contributed by atoms with Crippen LogP contribution in [0.1, 0.15) is 37.7 Å². The zero-order chi connectivity index (χ0) is 13.8. The van der Waals surface area contributed by atoms with Gasteiger partial charge >= 0.3 is 0 Å². The normalized spacial score (nSPS) is 23.9. The van der Waals surface area contributed by atoms with Gasteiger partial charge in [0.05, 0.1) is 0 Å². The molecule has 0 radical (unpaired) electrons. The minimum atomic E-state index is -0.0464. The number of hydrogen-bond donors (Lipinski definition) is 1. The van der Waals surface area contributed by atoms with Crippen LogP contribution in [0.2, 0.25) is 10.0 Å². The second-order valence-electron chi connectivity index (χ2n) is 5.25. The van der Waals surface area contributed by atoms with Crippen LogP contribution in [-0.2, 0) is 11.2 Å². The van der Waals surface area contributed by atoms with E-state index < -0.39 is 0 Å². The molecule has 1 aliphatic rings. The fourth-order valence-electron chi connectivity index (χ4n) is 2.74. The zero-order valence-corrected chi connectivity index (χ0v) is 12.4. The molecule has 0 amide bonds. The molecule has 1 aliphatic carbocycles. The van der Waals surface area contributed by atoms with Crippen LogP contribution in [0, 0.1) is 5.92 Å². The first-order chi connectivity index (χ1) is 9.09. The van der Waals surface area contributed by atoms with Gasteiger partial charge in [0.25, 0.3) is 0 Å². The second-order valence-corrected chi connectivity index (χ2v) is 6.07. The second kappa shape index (κ2) is 6.74. The van der Waals surface area contributed by atoms with E-state index in [9.17, 15) is 4.79 Å². The van der Waals surface area contributed by atoms with Crippen molar-refractivity contribution in [3.05, 3.63) is 33.8 Å². The van der Waals surface area contributed by atoms with Crippen molar-refractivity contribution < 1.29 is 4.79 Å². The van der Waals surface area contributed by atoms with E-state index >= 15 is 0 Å². The van der Waals surface area contributed by atoms with Crippen molar-refractivity contribution in [3.8, 4) is 0 Å². The van der Waals surface area contributed by atoms with Crippen molar-refractivity contribution in [2.45, 2.75) is 44.6 Å². The average Bonchev–Trinajstić information content (AvgIpc) is 2.58. The monoisotopic (exact) mass is 299 g/mol. The molecule has 0 aromatic heterocycles. The maximum atomic E-state index is 12.4. The Hall–Kier alpha value is -0.570. The molecule has 1 aromatic carbocycles. The summed E-state index contributed by atoms with van der Waals surface area (Å²) in [5.41, 5.74) is 6.85. The van der Waals surface area contributed by atoms with Gasteiger partial charge in [-0.3, -0.25) is 4.79 Å². The molecular formula is C15H19Cl2NO. The number of Topliss-reactive ketones (excluding diaryl/α,β-unsaturated/α-hetero) is 1. The van der Waals surface area contributed by atoms with Crippen molar-refractivity contribution in [3.63, 3.8) is 0 Å². The van der Waals surface area contributed by atoms with Crippen LogP contribution in [0.5, 0.6) is 0 Å². The highest BCUT2D eigenvalue weighted by atomic mass is 35.5. The first-order valence-corrected chi connectivity index (χ1v) is 7.56. The third-order valence-corrected chi connectivity index (χ3v) is 4.60. The Morgan fingerprint density at radius 2 is 1.79 bits per heavy atom. The number of benzene rings is 1. The summed E-state index contributed by atoms with van der Waals surface area (Å²) in [5, 5.41) is 1.12. The summed E-state index contributed by atoms with van der Waals surface area (Å²) >= 11 is 12.2. The maximum Gasteiger partial charge on any atom is 0.141 e. The van der Waals surface area contributed by atoms with Gasteiger partial charge in [-0.25, -0.2) is 0 Å². The van der Waals surface area contributed by atoms with Crippen molar-refractivity contribution in [1.82, 2.24) is 0 Å². The SMILES string of the molecule is NC1CCCCCC1C(=O)Cc1c(Cl)cccc1Cl. The fourth-order valence-corrected chi connectivity index (χ4v) is 3.27. The molecule has 19 heavy (non-hydrogen) atoms. The van der Waals surface area contributed by atoms with Crippen LogP contribution in [0.15, 0.2) is 18.2 Å². The highest BCUT2D eigenvalue weighted by Gasteiger charge is 2.27. The minimum Gasteiger partial charge on any atom is -0.327 e.